The van der Waals surface area contributed by atoms with Crippen molar-refractivity contribution in [2.45, 2.75) is 65.8 Å². The fraction of sp³-hybridized carbons (Fsp3) is 0.714. The maximum atomic E-state index is 2.39. The molecule has 0 amide bonds. The molecule has 1 heteroatoms. The largest absolute Gasteiger partial charge is 0.325 e. The van der Waals surface area contributed by atoms with Crippen LogP contribution in [-0.2, 0) is 6.54 Å². The van der Waals surface area contributed by atoms with Crippen molar-refractivity contribution < 1.29 is 4.48 Å². The Morgan fingerprint density at radius 3 is 2.09 bits per heavy atom. The highest BCUT2D eigenvalue weighted by atomic mass is 15.3. The molecule has 0 saturated carbocycles. The summed E-state index contributed by atoms with van der Waals surface area (Å²) in [5.41, 5.74) is 1.46. The molecule has 0 aliphatic heterocycles. The van der Waals surface area contributed by atoms with Gasteiger partial charge in [0.2, 0.25) is 0 Å². The van der Waals surface area contributed by atoms with Crippen molar-refractivity contribution in [3.63, 3.8) is 0 Å². The maximum Gasteiger partial charge on any atom is 0.104 e. The van der Waals surface area contributed by atoms with Crippen molar-refractivity contribution in [2.75, 3.05) is 20.6 Å². The molecule has 2 unspecified atom stereocenters. The van der Waals surface area contributed by atoms with Gasteiger partial charge in [-0.2, -0.15) is 0 Å². The van der Waals surface area contributed by atoms with E-state index in [9.17, 15) is 0 Å². The van der Waals surface area contributed by atoms with Gasteiger partial charge in [0.1, 0.15) is 6.54 Å². The molecular formula is C21H38N+. The van der Waals surface area contributed by atoms with E-state index < -0.39 is 0 Å². The fourth-order valence-corrected chi connectivity index (χ4v) is 3.66. The van der Waals surface area contributed by atoms with E-state index in [-0.39, 0.29) is 0 Å². The van der Waals surface area contributed by atoms with E-state index >= 15 is 0 Å². The smallest absolute Gasteiger partial charge is 0.104 e. The van der Waals surface area contributed by atoms with Gasteiger partial charge in [-0.1, -0.05) is 76.8 Å². The minimum Gasteiger partial charge on any atom is -0.325 e. The number of hydrogen-bond donors (Lipinski definition) is 0. The highest BCUT2D eigenvalue weighted by molar-refractivity contribution is 5.13. The molecule has 1 rings (SSSR count). The predicted octanol–water partition coefficient (Wildman–Crippen LogP) is 5.90. The number of unbranched alkanes of at least 4 members (excludes halogenated alkanes) is 1. The van der Waals surface area contributed by atoms with Gasteiger partial charge < -0.3 is 4.48 Å². The van der Waals surface area contributed by atoms with Gasteiger partial charge in [0.25, 0.3) is 0 Å². The van der Waals surface area contributed by atoms with Crippen LogP contribution >= 0.6 is 0 Å². The summed E-state index contributed by atoms with van der Waals surface area (Å²) in [6.07, 6.45) is 8.25. The molecule has 1 nitrogen and oxygen atoms in total. The van der Waals surface area contributed by atoms with E-state index in [1.165, 1.54) is 50.6 Å². The second kappa shape index (κ2) is 10.0. The molecule has 0 N–H and O–H groups in total. The summed E-state index contributed by atoms with van der Waals surface area (Å²) in [4.78, 5) is 0. The molecule has 22 heavy (non-hydrogen) atoms. The Labute approximate surface area is 139 Å². The van der Waals surface area contributed by atoms with Gasteiger partial charge in [0, 0.05) is 11.5 Å². The summed E-state index contributed by atoms with van der Waals surface area (Å²) in [6, 6.07) is 10.9. The molecule has 0 aromatic heterocycles. The van der Waals surface area contributed by atoms with Crippen LogP contribution in [0, 0.1) is 11.8 Å². The molecule has 1 aromatic rings. The maximum absolute atomic E-state index is 2.39. The van der Waals surface area contributed by atoms with Gasteiger partial charge in [-0.25, -0.2) is 0 Å². The van der Waals surface area contributed by atoms with Gasteiger partial charge >= 0.3 is 0 Å². The fourth-order valence-electron chi connectivity index (χ4n) is 3.66. The summed E-state index contributed by atoms with van der Waals surface area (Å²) in [6.45, 7) is 9.50. The third-order valence-corrected chi connectivity index (χ3v) is 4.99. The second-order valence-electron chi connectivity index (χ2n) is 7.69. The quantitative estimate of drug-likeness (QED) is 0.447. The van der Waals surface area contributed by atoms with Crippen LogP contribution < -0.4 is 0 Å². The summed E-state index contributed by atoms with van der Waals surface area (Å²) < 4.78 is 1.10. The molecule has 0 aliphatic carbocycles. The van der Waals surface area contributed by atoms with Gasteiger partial charge in [0.05, 0.1) is 20.6 Å². The number of quaternary nitrogens is 1. The highest BCUT2D eigenvalue weighted by Gasteiger charge is 2.23. The van der Waals surface area contributed by atoms with Gasteiger partial charge in [-0.3, -0.25) is 0 Å². The first-order chi connectivity index (χ1) is 10.5. The average molecular weight is 305 g/mol. The van der Waals surface area contributed by atoms with Crippen LogP contribution in [0.3, 0.4) is 0 Å². The van der Waals surface area contributed by atoms with Crippen LogP contribution in [0.15, 0.2) is 30.3 Å². The van der Waals surface area contributed by atoms with Gasteiger partial charge in [-0.05, 0) is 18.8 Å². The first-order valence-corrected chi connectivity index (χ1v) is 9.36. The highest BCUT2D eigenvalue weighted by Crippen LogP contribution is 2.26. The molecule has 0 aliphatic rings. The van der Waals surface area contributed by atoms with Crippen molar-refractivity contribution in [3.05, 3.63) is 35.9 Å². The normalized spacial score (nSPS) is 14.8. The minimum atomic E-state index is 0.862. The first-order valence-electron chi connectivity index (χ1n) is 9.36. The Balaban J connectivity index is 2.55. The number of nitrogens with zero attached hydrogens (tertiary/aromatic N) is 1. The first kappa shape index (κ1) is 19.2. The second-order valence-corrected chi connectivity index (χ2v) is 7.69. The lowest BCUT2D eigenvalue weighted by molar-refractivity contribution is -0.907. The zero-order chi connectivity index (χ0) is 16.4. The van der Waals surface area contributed by atoms with Crippen LogP contribution in [0.2, 0.25) is 0 Å². The zero-order valence-corrected chi connectivity index (χ0v) is 15.6. The average Bonchev–Trinajstić information content (AvgIpc) is 2.50. The molecule has 0 spiro atoms. The summed E-state index contributed by atoms with van der Waals surface area (Å²) in [7, 11) is 4.78. The van der Waals surface area contributed by atoms with Crippen LogP contribution in [0.4, 0.5) is 0 Å². The molecule has 0 bridgehead atoms. The lowest BCUT2D eigenvalue weighted by atomic mass is 9.87. The Morgan fingerprint density at radius 1 is 0.909 bits per heavy atom. The Kier molecular flexibility index (Phi) is 8.78. The number of hydrogen-bond acceptors (Lipinski definition) is 0. The van der Waals surface area contributed by atoms with Crippen molar-refractivity contribution in [2.24, 2.45) is 11.8 Å². The third-order valence-electron chi connectivity index (χ3n) is 4.99. The zero-order valence-electron chi connectivity index (χ0n) is 15.6. The van der Waals surface area contributed by atoms with Crippen molar-refractivity contribution in [3.8, 4) is 0 Å². The molecule has 126 valence electrons. The molecular weight excluding hydrogens is 266 g/mol. The lowest BCUT2D eigenvalue weighted by Gasteiger charge is -2.34. The summed E-state index contributed by atoms with van der Waals surface area (Å²) in [5.74, 6) is 1.79. The lowest BCUT2D eigenvalue weighted by Crippen LogP contribution is -2.43. The van der Waals surface area contributed by atoms with Crippen LogP contribution in [0.25, 0.3) is 0 Å². The van der Waals surface area contributed by atoms with Crippen LogP contribution in [-0.4, -0.2) is 25.1 Å². The Morgan fingerprint density at radius 2 is 1.55 bits per heavy atom. The summed E-state index contributed by atoms with van der Waals surface area (Å²) in [5, 5.41) is 0. The van der Waals surface area contributed by atoms with E-state index in [1.807, 2.05) is 0 Å². The molecule has 0 saturated heterocycles. The molecule has 0 fully saturated rings. The molecule has 2 atom stereocenters. The Bertz CT molecular complexity index is 382. The SMILES string of the molecule is CCCCC(CC)CC(CC)C[N+](C)(C)Cc1ccccc1. The standard InChI is InChI=1S/C21H38N/c1-6-9-13-19(7-2)16-20(8-3)17-22(4,5)18-21-14-11-10-12-15-21/h10-12,14-15,19-20H,6-9,13,16-18H2,1-5H3/q+1. The van der Waals surface area contributed by atoms with E-state index in [1.54, 1.807) is 0 Å². The topological polar surface area (TPSA) is 0 Å². The van der Waals surface area contributed by atoms with E-state index in [0.717, 1.165) is 22.9 Å². The van der Waals surface area contributed by atoms with E-state index in [0.29, 0.717) is 0 Å². The predicted molar refractivity (Wildman–Crippen MR) is 98.8 cm³/mol. The van der Waals surface area contributed by atoms with E-state index in [2.05, 4.69) is 65.2 Å². The van der Waals surface area contributed by atoms with Gasteiger partial charge in [0.15, 0.2) is 0 Å². The van der Waals surface area contributed by atoms with Crippen LogP contribution in [0.1, 0.15) is 64.9 Å². The van der Waals surface area contributed by atoms with Crippen molar-refractivity contribution in [1.29, 1.82) is 0 Å². The molecule has 0 heterocycles. The van der Waals surface area contributed by atoms with Crippen molar-refractivity contribution in [1.82, 2.24) is 0 Å². The summed E-state index contributed by atoms with van der Waals surface area (Å²) >= 11 is 0. The minimum absolute atomic E-state index is 0.862. The van der Waals surface area contributed by atoms with E-state index in [4.69, 9.17) is 0 Å². The Hall–Kier alpha value is -0.820. The monoisotopic (exact) mass is 304 g/mol. The van der Waals surface area contributed by atoms with Gasteiger partial charge in [-0.15, -0.1) is 0 Å². The number of benzene rings is 1. The molecule has 0 radical (unpaired) electrons. The van der Waals surface area contributed by atoms with Crippen molar-refractivity contribution >= 4 is 0 Å². The molecule has 1 aromatic carbocycles. The van der Waals surface area contributed by atoms with Crippen LogP contribution in [0.5, 0.6) is 0 Å². The number of rotatable bonds is 11. The third kappa shape index (κ3) is 7.45.